The first-order chi connectivity index (χ1) is 5.45. The van der Waals surface area contributed by atoms with Crippen LogP contribution < -0.4 is 16.7 Å². The fourth-order valence-corrected chi connectivity index (χ4v) is 0.187. The van der Waals surface area contributed by atoms with E-state index < -0.39 is 0 Å². The lowest BCUT2D eigenvalue weighted by atomic mass is 11.1. The zero-order chi connectivity index (χ0) is 10.1. The van der Waals surface area contributed by atoms with Crippen LogP contribution in [0.3, 0.4) is 0 Å². The summed E-state index contributed by atoms with van der Waals surface area (Å²) in [5.41, 5.74) is 4.42. The van der Waals surface area contributed by atoms with Gasteiger partial charge in [-0.25, -0.2) is 11.3 Å². The summed E-state index contributed by atoms with van der Waals surface area (Å²) in [5, 5.41) is 17.1. The lowest BCUT2D eigenvalue weighted by Crippen LogP contribution is -2.35. The van der Waals surface area contributed by atoms with Crippen LogP contribution in [-0.2, 0) is 0 Å². The Morgan fingerprint density at radius 1 is 1.42 bits per heavy atom. The third-order valence-corrected chi connectivity index (χ3v) is 1.14. The molecule has 0 amide bonds. The zero-order valence-corrected chi connectivity index (χ0v) is 8.37. The number of hydrogen-bond acceptors (Lipinski definition) is 4. The minimum atomic E-state index is -0.384. The third kappa shape index (κ3) is 12.0. The zero-order valence-electron chi connectivity index (χ0n) is 6.74. The van der Waals surface area contributed by atoms with Gasteiger partial charge in [-0.2, -0.15) is 0 Å². The summed E-state index contributed by atoms with van der Waals surface area (Å²) in [6.07, 6.45) is 0. The van der Waals surface area contributed by atoms with Gasteiger partial charge in [-0.1, -0.05) is 0 Å². The molecule has 0 fully saturated rings. The maximum absolute atomic E-state index is 8.42. The molecule has 0 aliphatic heterocycles. The number of thiocarbonyl (C=S) groups is 2. The van der Waals surface area contributed by atoms with Crippen molar-refractivity contribution in [1.29, 1.82) is 0 Å². The van der Waals surface area contributed by atoms with Crippen molar-refractivity contribution in [2.24, 2.45) is 5.84 Å². The Balaban J connectivity index is 0. The lowest BCUT2D eigenvalue weighted by Gasteiger charge is -2.11. The van der Waals surface area contributed by atoms with Crippen molar-refractivity contribution in [3.8, 4) is 0 Å². The molecule has 8 heteroatoms. The minimum absolute atomic E-state index is 0.150. The molecule has 0 atom stereocenters. The van der Waals surface area contributed by atoms with Crippen molar-refractivity contribution in [1.82, 2.24) is 15.9 Å². The summed E-state index contributed by atoms with van der Waals surface area (Å²) in [6.45, 7) is 0. The first-order valence-corrected chi connectivity index (χ1v) is 3.61. The van der Waals surface area contributed by atoms with Crippen molar-refractivity contribution in [3.05, 3.63) is 0 Å². The van der Waals surface area contributed by atoms with Crippen LogP contribution in [0.2, 0.25) is 0 Å². The van der Waals surface area contributed by atoms with Crippen molar-refractivity contribution in [2.75, 3.05) is 14.1 Å². The van der Waals surface area contributed by atoms with Gasteiger partial charge in [-0.05, 0) is 24.4 Å². The van der Waals surface area contributed by atoms with Crippen LogP contribution in [0.25, 0.3) is 0 Å². The fourth-order valence-electron chi connectivity index (χ4n) is 0.0956. The summed E-state index contributed by atoms with van der Waals surface area (Å²) in [5.74, 6) is 4.53. The largest absolute Gasteiger partial charge is 0.486 e. The summed E-state index contributed by atoms with van der Waals surface area (Å²) in [7, 11) is 3.30. The van der Waals surface area contributed by atoms with Gasteiger partial charge in [-0.15, -0.1) is 0 Å². The Morgan fingerprint density at radius 2 is 1.75 bits per heavy atom. The molecular formula is C4H12N4O2S2. The van der Waals surface area contributed by atoms with Crippen LogP contribution in [-0.4, -0.2) is 39.7 Å². The minimum Gasteiger partial charge on any atom is -0.486 e. The number of nitrogens with one attached hydrogen (secondary N) is 2. The van der Waals surface area contributed by atoms with Gasteiger partial charge in [0.1, 0.15) is 0 Å². The van der Waals surface area contributed by atoms with Gasteiger partial charge in [0.15, 0.2) is 0 Å². The van der Waals surface area contributed by atoms with E-state index in [1.54, 1.807) is 14.1 Å². The molecule has 0 spiro atoms. The Kier molecular flexibility index (Phi) is 9.70. The molecule has 0 aromatic carbocycles. The first kappa shape index (κ1) is 13.9. The first-order valence-electron chi connectivity index (χ1n) is 2.79. The molecule has 0 aliphatic rings. The second-order valence-corrected chi connectivity index (χ2v) is 2.27. The second-order valence-electron chi connectivity index (χ2n) is 1.51. The van der Waals surface area contributed by atoms with E-state index in [-0.39, 0.29) is 10.3 Å². The van der Waals surface area contributed by atoms with E-state index in [0.29, 0.717) is 0 Å². The predicted octanol–water partition coefficient (Wildman–Crippen LogP) is -0.812. The molecule has 0 aromatic rings. The molecule has 0 aliphatic carbocycles. The smallest absolute Gasteiger partial charge is 0.271 e. The highest BCUT2D eigenvalue weighted by atomic mass is 32.1. The molecule has 0 heterocycles. The van der Waals surface area contributed by atoms with Gasteiger partial charge in [0, 0.05) is 14.1 Å². The maximum Gasteiger partial charge on any atom is 0.271 e. The summed E-state index contributed by atoms with van der Waals surface area (Å²) >= 11 is 8.35. The Bertz CT molecular complexity index is 154. The summed E-state index contributed by atoms with van der Waals surface area (Å²) < 4.78 is 0. The van der Waals surface area contributed by atoms with Crippen LogP contribution in [0.5, 0.6) is 0 Å². The Hall–Kier alpha value is -0.700. The van der Waals surface area contributed by atoms with E-state index in [1.165, 1.54) is 5.01 Å². The molecule has 6 N–H and O–H groups in total. The number of hydrazine groups is 2. The molecule has 0 bridgehead atoms. The van der Waals surface area contributed by atoms with E-state index in [1.807, 2.05) is 5.43 Å². The molecule has 72 valence electrons. The molecule has 0 saturated carbocycles. The van der Waals surface area contributed by atoms with Crippen molar-refractivity contribution in [2.45, 2.75) is 0 Å². The van der Waals surface area contributed by atoms with E-state index in [4.69, 9.17) is 10.2 Å². The van der Waals surface area contributed by atoms with Gasteiger partial charge in [0.25, 0.3) is 10.3 Å². The van der Waals surface area contributed by atoms with E-state index in [0.717, 1.165) is 0 Å². The van der Waals surface area contributed by atoms with E-state index >= 15 is 0 Å². The van der Waals surface area contributed by atoms with Crippen molar-refractivity contribution in [3.63, 3.8) is 0 Å². The van der Waals surface area contributed by atoms with Crippen LogP contribution in [0.4, 0.5) is 0 Å². The number of nitrogens with two attached hydrogens (primary N) is 1. The highest BCUT2D eigenvalue weighted by Gasteiger charge is 1.91. The van der Waals surface area contributed by atoms with Crippen LogP contribution in [0.15, 0.2) is 0 Å². The van der Waals surface area contributed by atoms with Crippen LogP contribution in [0.1, 0.15) is 0 Å². The quantitative estimate of drug-likeness (QED) is 0.219. The van der Waals surface area contributed by atoms with Gasteiger partial charge in [0.05, 0.1) is 0 Å². The second kappa shape index (κ2) is 8.40. The number of rotatable bonds is 1. The van der Waals surface area contributed by atoms with E-state index in [9.17, 15) is 0 Å². The average molecular weight is 212 g/mol. The SMILES string of the molecule is CNN(C)C(O)=S.NNC(O)=S. The van der Waals surface area contributed by atoms with Gasteiger partial charge >= 0.3 is 0 Å². The molecule has 12 heavy (non-hydrogen) atoms. The number of hydrogen-bond donors (Lipinski definition) is 5. The topological polar surface area (TPSA) is 93.8 Å². The van der Waals surface area contributed by atoms with Crippen LogP contribution >= 0.6 is 24.4 Å². The van der Waals surface area contributed by atoms with Gasteiger partial charge < -0.3 is 10.2 Å². The number of aliphatic hydroxyl groups is 2. The number of nitrogens with zero attached hydrogens (tertiary/aromatic N) is 1. The normalized spacial score (nSPS) is 7.58. The average Bonchev–Trinajstić information content (AvgIpc) is 2.04. The molecule has 0 radical (unpaired) electrons. The molecule has 0 saturated heterocycles. The highest BCUT2D eigenvalue weighted by Crippen LogP contribution is 1.71. The van der Waals surface area contributed by atoms with Crippen molar-refractivity contribution >= 4 is 34.8 Å². The number of aliphatic hydroxyl groups excluding tert-OH is 2. The van der Waals surface area contributed by atoms with Gasteiger partial charge in [0.2, 0.25) is 0 Å². The highest BCUT2D eigenvalue weighted by molar-refractivity contribution is 7.80. The molecular weight excluding hydrogens is 200 g/mol. The fraction of sp³-hybridized carbons (Fsp3) is 0.500. The molecule has 0 rings (SSSR count). The monoisotopic (exact) mass is 212 g/mol. The van der Waals surface area contributed by atoms with E-state index in [2.05, 4.69) is 35.7 Å². The molecule has 6 nitrogen and oxygen atoms in total. The molecule has 0 unspecified atom stereocenters. The standard InChI is InChI=1S/C3H8N2OS.CH4N2OS/c1-4-5(2)3(6)7;2-3-1(4)5/h4H,1-2H3,(H,6,7);2H2,(H2,3,4,5). The Morgan fingerprint density at radius 3 is 1.75 bits per heavy atom. The third-order valence-electron chi connectivity index (χ3n) is 0.746. The molecule has 0 aromatic heterocycles. The summed E-state index contributed by atoms with van der Waals surface area (Å²) in [4.78, 5) is 0. The van der Waals surface area contributed by atoms with Crippen molar-refractivity contribution < 1.29 is 10.2 Å². The summed E-state index contributed by atoms with van der Waals surface area (Å²) in [6, 6.07) is 0. The predicted molar refractivity (Wildman–Crippen MR) is 54.6 cm³/mol. The maximum atomic E-state index is 8.42. The lowest BCUT2D eigenvalue weighted by molar-refractivity contribution is 0.335. The van der Waals surface area contributed by atoms with Gasteiger partial charge in [-0.3, -0.25) is 10.4 Å². The van der Waals surface area contributed by atoms with Crippen LogP contribution in [0, 0.1) is 0 Å². The Labute approximate surface area is 81.3 Å².